The van der Waals surface area contributed by atoms with Gasteiger partial charge in [0.25, 0.3) is 0 Å². The first kappa shape index (κ1) is 14.6. The van der Waals surface area contributed by atoms with Gasteiger partial charge in [-0.1, -0.05) is 19.8 Å². The molecular formula is C17H23NO2. The van der Waals surface area contributed by atoms with Crippen molar-refractivity contribution in [2.24, 2.45) is 0 Å². The van der Waals surface area contributed by atoms with E-state index >= 15 is 0 Å². The molecular weight excluding hydrogens is 250 g/mol. The molecule has 0 aliphatic rings. The summed E-state index contributed by atoms with van der Waals surface area (Å²) in [5.74, 6) is -0.283. The lowest BCUT2D eigenvalue weighted by Crippen LogP contribution is -2.01. The van der Waals surface area contributed by atoms with E-state index in [2.05, 4.69) is 18.8 Å². The Balaban J connectivity index is 2.42. The molecule has 3 nitrogen and oxygen atoms in total. The zero-order valence-electron chi connectivity index (χ0n) is 12.8. The number of rotatable bonds is 5. The molecule has 0 amide bonds. The number of ether oxygens (including phenoxy) is 1. The van der Waals surface area contributed by atoms with Crippen molar-refractivity contribution < 1.29 is 9.53 Å². The number of methoxy groups -OCH3 is 1. The Kier molecular flexibility index (Phi) is 4.48. The van der Waals surface area contributed by atoms with E-state index in [1.165, 1.54) is 43.0 Å². The molecule has 1 aromatic carbocycles. The molecule has 0 atom stereocenters. The third-order valence-electron chi connectivity index (χ3n) is 3.90. The molecule has 3 heteroatoms. The molecule has 1 aromatic heterocycles. The maximum Gasteiger partial charge on any atom is 0.337 e. The lowest BCUT2D eigenvalue weighted by atomic mass is 10.0. The van der Waals surface area contributed by atoms with Crippen LogP contribution in [0.1, 0.15) is 53.4 Å². The second-order valence-corrected chi connectivity index (χ2v) is 5.39. The molecule has 0 bridgehead atoms. The van der Waals surface area contributed by atoms with Gasteiger partial charge in [0.1, 0.15) is 0 Å². The number of fused-ring (bicyclic) bond motifs is 1. The second kappa shape index (κ2) is 6.12. The van der Waals surface area contributed by atoms with Crippen molar-refractivity contribution in [3.63, 3.8) is 0 Å². The zero-order chi connectivity index (χ0) is 14.7. The van der Waals surface area contributed by atoms with Crippen molar-refractivity contribution >= 4 is 16.9 Å². The zero-order valence-corrected chi connectivity index (χ0v) is 12.8. The van der Waals surface area contributed by atoms with E-state index in [1.54, 1.807) is 0 Å². The van der Waals surface area contributed by atoms with Gasteiger partial charge in [0.05, 0.1) is 12.7 Å². The molecule has 0 saturated carbocycles. The summed E-state index contributed by atoms with van der Waals surface area (Å²) in [6.45, 7) is 6.42. The monoisotopic (exact) mass is 273 g/mol. The van der Waals surface area contributed by atoms with E-state index in [4.69, 9.17) is 4.74 Å². The summed E-state index contributed by atoms with van der Waals surface area (Å²) >= 11 is 0. The van der Waals surface area contributed by atoms with Crippen LogP contribution in [0.5, 0.6) is 0 Å². The minimum atomic E-state index is -0.283. The number of unbranched alkanes of at least 4 members (excludes halogenated alkanes) is 2. The van der Waals surface area contributed by atoms with Crippen LogP contribution in [0.2, 0.25) is 0 Å². The number of carbonyl (C=O) groups excluding carboxylic acids is 1. The van der Waals surface area contributed by atoms with Crippen LogP contribution >= 0.6 is 0 Å². The van der Waals surface area contributed by atoms with Gasteiger partial charge in [-0.05, 0) is 49.9 Å². The molecule has 108 valence electrons. The first-order chi connectivity index (χ1) is 9.58. The van der Waals surface area contributed by atoms with E-state index in [0.29, 0.717) is 5.56 Å². The number of hydrogen-bond acceptors (Lipinski definition) is 2. The lowest BCUT2D eigenvalue weighted by molar-refractivity contribution is 0.0601. The van der Waals surface area contributed by atoms with Crippen LogP contribution in [-0.4, -0.2) is 18.1 Å². The summed E-state index contributed by atoms with van der Waals surface area (Å²) in [6, 6.07) is 3.80. The molecule has 0 aliphatic heterocycles. The van der Waals surface area contributed by atoms with E-state index in [0.717, 1.165) is 17.5 Å². The maximum absolute atomic E-state index is 11.7. The van der Waals surface area contributed by atoms with E-state index in [-0.39, 0.29) is 5.97 Å². The highest BCUT2D eigenvalue weighted by molar-refractivity contribution is 5.97. The average molecular weight is 273 g/mol. The Morgan fingerprint density at radius 3 is 2.65 bits per heavy atom. The smallest absolute Gasteiger partial charge is 0.337 e. The number of benzene rings is 1. The highest BCUT2D eigenvalue weighted by atomic mass is 16.5. The van der Waals surface area contributed by atoms with Gasteiger partial charge in [0.2, 0.25) is 0 Å². The minimum Gasteiger partial charge on any atom is -0.465 e. The van der Waals surface area contributed by atoms with Crippen molar-refractivity contribution in [2.45, 2.75) is 46.5 Å². The van der Waals surface area contributed by atoms with Gasteiger partial charge in [0, 0.05) is 16.6 Å². The van der Waals surface area contributed by atoms with Crippen LogP contribution < -0.4 is 0 Å². The van der Waals surface area contributed by atoms with Crippen molar-refractivity contribution in [2.75, 3.05) is 7.11 Å². The van der Waals surface area contributed by atoms with Crippen molar-refractivity contribution in [3.8, 4) is 0 Å². The average Bonchev–Trinajstić information content (AvgIpc) is 2.75. The van der Waals surface area contributed by atoms with E-state index in [1.807, 2.05) is 19.1 Å². The third-order valence-corrected chi connectivity index (χ3v) is 3.90. The van der Waals surface area contributed by atoms with Gasteiger partial charge in [-0.25, -0.2) is 4.79 Å². The van der Waals surface area contributed by atoms with E-state index in [9.17, 15) is 4.79 Å². The second-order valence-electron chi connectivity index (χ2n) is 5.39. The highest BCUT2D eigenvalue weighted by Gasteiger charge is 2.14. The number of nitrogens with one attached hydrogen (secondary N) is 1. The Morgan fingerprint density at radius 1 is 1.25 bits per heavy atom. The molecule has 2 rings (SSSR count). The molecule has 0 radical (unpaired) electrons. The van der Waals surface area contributed by atoms with Gasteiger partial charge in [0.15, 0.2) is 0 Å². The Hall–Kier alpha value is -1.77. The van der Waals surface area contributed by atoms with Crippen LogP contribution in [0, 0.1) is 13.8 Å². The first-order valence-electron chi connectivity index (χ1n) is 7.28. The van der Waals surface area contributed by atoms with Gasteiger partial charge in [-0.3, -0.25) is 0 Å². The highest BCUT2D eigenvalue weighted by Crippen LogP contribution is 2.27. The SMILES string of the molecule is CCCCCc1[nH]c2cc(C(=O)OC)cc(C)c2c1C. The Labute approximate surface area is 120 Å². The molecule has 0 spiro atoms. The van der Waals surface area contributed by atoms with Crippen molar-refractivity contribution in [1.82, 2.24) is 4.98 Å². The number of hydrogen-bond donors (Lipinski definition) is 1. The van der Waals surface area contributed by atoms with Crippen LogP contribution in [0.4, 0.5) is 0 Å². The summed E-state index contributed by atoms with van der Waals surface area (Å²) in [6.07, 6.45) is 4.75. The fourth-order valence-electron chi connectivity index (χ4n) is 2.83. The largest absolute Gasteiger partial charge is 0.465 e. The Morgan fingerprint density at radius 2 is 2.00 bits per heavy atom. The molecule has 0 fully saturated rings. The fourth-order valence-corrected chi connectivity index (χ4v) is 2.83. The minimum absolute atomic E-state index is 0.283. The topological polar surface area (TPSA) is 42.1 Å². The van der Waals surface area contributed by atoms with Crippen LogP contribution in [-0.2, 0) is 11.2 Å². The number of H-pyrrole nitrogens is 1. The van der Waals surface area contributed by atoms with Crippen LogP contribution in [0.3, 0.4) is 0 Å². The predicted molar refractivity (Wildman–Crippen MR) is 82.3 cm³/mol. The van der Waals surface area contributed by atoms with Crippen LogP contribution in [0.25, 0.3) is 10.9 Å². The first-order valence-corrected chi connectivity index (χ1v) is 7.28. The molecule has 1 N–H and O–H groups in total. The summed E-state index contributed by atoms with van der Waals surface area (Å²) < 4.78 is 4.80. The molecule has 2 aromatic rings. The summed E-state index contributed by atoms with van der Waals surface area (Å²) in [4.78, 5) is 15.2. The predicted octanol–water partition coefficient (Wildman–Crippen LogP) is 4.30. The van der Waals surface area contributed by atoms with Crippen molar-refractivity contribution in [3.05, 3.63) is 34.5 Å². The van der Waals surface area contributed by atoms with Gasteiger partial charge in [-0.15, -0.1) is 0 Å². The standard InChI is InChI=1S/C17H23NO2/c1-5-6-7-8-14-12(3)16-11(2)9-13(17(19)20-4)10-15(16)18-14/h9-10,18H,5-8H2,1-4H3. The van der Waals surface area contributed by atoms with Crippen molar-refractivity contribution in [1.29, 1.82) is 0 Å². The third kappa shape index (κ3) is 2.72. The maximum atomic E-state index is 11.7. The Bertz CT molecular complexity index is 625. The molecule has 0 saturated heterocycles. The van der Waals surface area contributed by atoms with Crippen LogP contribution in [0.15, 0.2) is 12.1 Å². The quantitative estimate of drug-likeness (QED) is 0.651. The molecule has 0 aliphatic carbocycles. The van der Waals surface area contributed by atoms with Gasteiger partial charge >= 0.3 is 5.97 Å². The molecule has 0 unspecified atom stereocenters. The fraction of sp³-hybridized carbons (Fsp3) is 0.471. The molecule has 1 heterocycles. The normalized spacial score (nSPS) is 11.0. The number of aryl methyl sites for hydroxylation is 3. The van der Waals surface area contributed by atoms with Gasteiger partial charge in [-0.2, -0.15) is 0 Å². The number of aromatic amines is 1. The summed E-state index contributed by atoms with van der Waals surface area (Å²) in [7, 11) is 1.41. The number of carbonyl (C=O) groups is 1. The lowest BCUT2D eigenvalue weighted by Gasteiger charge is -2.03. The molecule has 20 heavy (non-hydrogen) atoms. The summed E-state index contributed by atoms with van der Waals surface area (Å²) in [5, 5.41) is 1.24. The van der Waals surface area contributed by atoms with E-state index < -0.39 is 0 Å². The number of aromatic nitrogens is 1. The summed E-state index contributed by atoms with van der Waals surface area (Å²) in [5.41, 5.74) is 5.37. The number of esters is 1. The van der Waals surface area contributed by atoms with Gasteiger partial charge < -0.3 is 9.72 Å².